The van der Waals surface area contributed by atoms with Crippen LogP contribution in [0.25, 0.3) is 10.8 Å². The molecule has 0 radical (unpaired) electrons. The van der Waals surface area contributed by atoms with Crippen molar-refractivity contribution in [2.24, 2.45) is 5.41 Å². The van der Waals surface area contributed by atoms with Crippen LogP contribution < -0.4 is 10.0 Å². The van der Waals surface area contributed by atoms with Crippen LogP contribution in [0, 0.1) is 12.3 Å². The number of carbonyl (C=O) groups excluding carboxylic acids is 2. The smallest absolute Gasteiger partial charge is 0.255 e. The molecule has 35 heavy (non-hydrogen) atoms. The maximum absolute atomic E-state index is 13.4. The van der Waals surface area contributed by atoms with Gasteiger partial charge in [0.15, 0.2) is 0 Å². The maximum atomic E-state index is 13.4. The van der Waals surface area contributed by atoms with E-state index in [1.807, 2.05) is 38.1 Å². The molecule has 2 bridgehead atoms. The third-order valence-electron chi connectivity index (χ3n) is 7.47. The first-order valence-electron chi connectivity index (χ1n) is 11.8. The average Bonchev–Trinajstić information content (AvgIpc) is 2.79. The Bertz CT molecular complexity index is 1440. The molecule has 6 rings (SSSR count). The number of anilines is 1. The lowest BCUT2D eigenvalue weighted by atomic mass is 9.39. The topological polar surface area (TPSA) is 95.6 Å². The van der Waals surface area contributed by atoms with Crippen molar-refractivity contribution < 1.29 is 18.0 Å². The Morgan fingerprint density at radius 1 is 0.943 bits per heavy atom. The van der Waals surface area contributed by atoms with E-state index < -0.39 is 21.0 Å². The highest BCUT2D eigenvalue weighted by Gasteiger charge is 2.73. The molecule has 0 spiro atoms. The highest BCUT2D eigenvalue weighted by Crippen LogP contribution is 2.68. The number of hydrogen-bond acceptors (Lipinski definition) is 4. The Morgan fingerprint density at radius 2 is 1.57 bits per heavy atom. The van der Waals surface area contributed by atoms with Gasteiger partial charge in [-0.2, -0.15) is 0 Å². The van der Waals surface area contributed by atoms with E-state index >= 15 is 0 Å². The third kappa shape index (κ3) is 3.81. The van der Waals surface area contributed by atoms with Crippen LogP contribution in [-0.2, 0) is 14.8 Å². The normalized spacial score (nSPS) is 22.7. The second-order valence-electron chi connectivity index (χ2n) is 9.94. The second kappa shape index (κ2) is 8.17. The van der Waals surface area contributed by atoms with Gasteiger partial charge in [0.2, 0.25) is 15.9 Å². The molecule has 2 amide bonds. The quantitative estimate of drug-likeness (QED) is 0.521. The number of rotatable bonds is 7. The molecule has 3 aromatic rings. The minimum Gasteiger partial charge on any atom is -0.346 e. The minimum atomic E-state index is -3.84. The summed E-state index contributed by atoms with van der Waals surface area (Å²) in [5.74, 6) is -0.150. The van der Waals surface area contributed by atoms with Gasteiger partial charge in [-0.05, 0) is 56.9 Å². The van der Waals surface area contributed by atoms with Crippen LogP contribution in [0.5, 0.6) is 0 Å². The van der Waals surface area contributed by atoms with E-state index in [2.05, 4.69) is 10.0 Å². The number of aryl methyl sites for hydroxylation is 1. The van der Waals surface area contributed by atoms with E-state index in [-0.39, 0.29) is 16.7 Å². The fourth-order valence-electron chi connectivity index (χ4n) is 5.64. The maximum Gasteiger partial charge on any atom is 0.255 e. The van der Waals surface area contributed by atoms with E-state index in [1.54, 1.807) is 42.3 Å². The minimum absolute atomic E-state index is 0.0975. The molecule has 0 heterocycles. The number of nitrogens with one attached hydrogen (secondary N) is 2. The number of carbonyl (C=O) groups is 2. The summed E-state index contributed by atoms with van der Waals surface area (Å²) in [7, 11) is -2.05. The first-order chi connectivity index (χ1) is 16.6. The Labute approximate surface area is 205 Å². The van der Waals surface area contributed by atoms with Crippen molar-refractivity contribution in [1.29, 1.82) is 0 Å². The van der Waals surface area contributed by atoms with Crippen molar-refractivity contribution in [2.75, 3.05) is 18.9 Å². The zero-order chi connectivity index (χ0) is 25.0. The van der Waals surface area contributed by atoms with Gasteiger partial charge in [-0.1, -0.05) is 42.5 Å². The Hall–Kier alpha value is -3.23. The highest BCUT2D eigenvalue weighted by atomic mass is 32.2. The fraction of sp³-hybridized carbons (Fsp3) is 0.333. The number of amides is 2. The predicted octanol–water partition coefficient (Wildman–Crippen LogP) is 4.08. The van der Waals surface area contributed by atoms with Crippen LogP contribution in [0.1, 0.15) is 42.1 Å². The van der Waals surface area contributed by atoms with E-state index in [0.717, 1.165) is 5.56 Å². The molecule has 3 fully saturated rings. The SMILES string of the molecule is CCN(C)C(=O)C12CC(NS(=O)(=O)c3ccc(NC(=O)c4ccccc4C)c4ccccc34)(C1)C2. The Balaban J connectivity index is 1.40. The summed E-state index contributed by atoms with van der Waals surface area (Å²) in [4.78, 5) is 27.4. The van der Waals surface area contributed by atoms with E-state index in [4.69, 9.17) is 0 Å². The molecule has 3 saturated carbocycles. The summed E-state index contributed by atoms with van der Waals surface area (Å²) in [5.41, 5.74) is 1.000. The van der Waals surface area contributed by atoms with Crippen molar-refractivity contribution in [3.8, 4) is 0 Å². The number of benzene rings is 3. The molecule has 182 valence electrons. The lowest BCUT2D eigenvalue weighted by Gasteiger charge is -2.69. The van der Waals surface area contributed by atoms with Gasteiger partial charge in [0.05, 0.1) is 10.3 Å². The fourth-order valence-corrected chi connectivity index (χ4v) is 7.25. The molecule has 0 aromatic heterocycles. The molecule has 3 aromatic carbocycles. The van der Waals surface area contributed by atoms with Crippen LogP contribution >= 0.6 is 0 Å². The molecule has 0 atom stereocenters. The van der Waals surface area contributed by atoms with Gasteiger partial charge in [-0.15, -0.1) is 0 Å². The van der Waals surface area contributed by atoms with Gasteiger partial charge >= 0.3 is 0 Å². The van der Waals surface area contributed by atoms with Crippen LogP contribution in [-0.4, -0.2) is 44.3 Å². The zero-order valence-electron chi connectivity index (χ0n) is 20.1. The summed E-state index contributed by atoms with van der Waals surface area (Å²) in [6.45, 7) is 4.44. The summed E-state index contributed by atoms with van der Waals surface area (Å²) >= 11 is 0. The van der Waals surface area contributed by atoms with E-state index in [0.29, 0.717) is 47.8 Å². The lowest BCUT2D eigenvalue weighted by molar-refractivity contribution is -0.185. The largest absolute Gasteiger partial charge is 0.346 e. The molecule has 0 aliphatic heterocycles. The van der Waals surface area contributed by atoms with Crippen LogP contribution in [0.3, 0.4) is 0 Å². The second-order valence-corrected chi connectivity index (χ2v) is 11.6. The monoisotopic (exact) mass is 491 g/mol. The molecule has 0 unspecified atom stereocenters. The van der Waals surface area contributed by atoms with Crippen molar-refractivity contribution >= 4 is 38.3 Å². The standard InChI is InChI=1S/C27H29N3O4S/c1-4-30(3)25(32)26-15-27(16-26,17-26)29-35(33,34)23-14-13-22(20-11-7-8-12-21(20)23)28-24(31)19-10-6-5-9-18(19)2/h5-14,29H,4,15-17H2,1-3H3,(H,28,31). The van der Waals surface area contributed by atoms with Gasteiger partial charge in [0, 0.05) is 41.2 Å². The van der Waals surface area contributed by atoms with Crippen LogP contribution in [0.2, 0.25) is 0 Å². The molecule has 7 nitrogen and oxygen atoms in total. The molecule has 0 saturated heterocycles. The first-order valence-corrected chi connectivity index (χ1v) is 13.3. The van der Waals surface area contributed by atoms with Gasteiger partial charge in [0.25, 0.3) is 5.91 Å². The van der Waals surface area contributed by atoms with Crippen molar-refractivity contribution in [1.82, 2.24) is 9.62 Å². The van der Waals surface area contributed by atoms with Gasteiger partial charge in [0.1, 0.15) is 0 Å². The number of nitrogens with zero attached hydrogens (tertiary/aromatic N) is 1. The van der Waals surface area contributed by atoms with Gasteiger partial charge in [-0.3, -0.25) is 9.59 Å². The molecule has 3 aliphatic rings. The number of hydrogen-bond donors (Lipinski definition) is 2. The van der Waals surface area contributed by atoms with Crippen LogP contribution in [0.4, 0.5) is 5.69 Å². The summed E-state index contributed by atoms with van der Waals surface area (Å²) < 4.78 is 29.8. The summed E-state index contributed by atoms with van der Waals surface area (Å²) in [6.07, 6.45) is 1.60. The molecular weight excluding hydrogens is 462 g/mol. The highest BCUT2D eigenvalue weighted by molar-refractivity contribution is 7.89. The Kier molecular flexibility index (Phi) is 5.49. The predicted molar refractivity (Wildman–Crippen MR) is 136 cm³/mol. The lowest BCUT2D eigenvalue weighted by Crippen LogP contribution is -2.78. The molecule has 8 heteroatoms. The summed E-state index contributed by atoms with van der Waals surface area (Å²) in [5, 5.41) is 4.11. The molecule has 3 aliphatic carbocycles. The average molecular weight is 492 g/mol. The van der Waals surface area contributed by atoms with E-state index in [1.165, 1.54) is 6.07 Å². The number of sulfonamides is 1. The van der Waals surface area contributed by atoms with Crippen molar-refractivity contribution in [3.63, 3.8) is 0 Å². The first kappa shape index (κ1) is 23.5. The van der Waals surface area contributed by atoms with E-state index in [9.17, 15) is 18.0 Å². The summed E-state index contributed by atoms with van der Waals surface area (Å²) in [6, 6.07) is 17.6. The van der Waals surface area contributed by atoms with Gasteiger partial charge < -0.3 is 10.2 Å². The number of fused-ring (bicyclic) bond motifs is 1. The molecular formula is C27H29N3O4S. The molecule has 2 N–H and O–H groups in total. The Morgan fingerprint density at radius 3 is 2.23 bits per heavy atom. The zero-order valence-corrected chi connectivity index (χ0v) is 20.9. The van der Waals surface area contributed by atoms with Crippen molar-refractivity contribution in [3.05, 3.63) is 71.8 Å². The van der Waals surface area contributed by atoms with Crippen molar-refractivity contribution in [2.45, 2.75) is 43.5 Å². The van der Waals surface area contributed by atoms with Crippen LogP contribution in [0.15, 0.2) is 65.6 Å². The third-order valence-corrected chi connectivity index (χ3v) is 9.10. The van der Waals surface area contributed by atoms with Gasteiger partial charge in [-0.25, -0.2) is 13.1 Å².